The molecule has 0 fully saturated rings. The SMILES string of the molecule is C[SiH](O[SiH3])O[Si](CCCN)(O[Si](C)(C)C)O[Si](C)(C)C. The van der Waals surface area contributed by atoms with Crippen molar-refractivity contribution in [2.24, 2.45) is 5.73 Å². The molecule has 0 radical (unpaired) electrons. The highest BCUT2D eigenvalue weighted by atomic mass is 28.5. The summed E-state index contributed by atoms with van der Waals surface area (Å²) in [6.45, 7) is 15.8. The van der Waals surface area contributed by atoms with Gasteiger partial charge in [-0.25, -0.2) is 0 Å². The fraction of sp³-hybridized carbons (Fsp3) is 1.00. The Morgan fingerprint density at radius 2 is 1.45 bits per heavy atom. The highest BCUT2D eigenvalue weighted by Crippen LogP contribution is 2.27. The molecule has 0 aromatic heterocycles. The fourth-order valence-electron chi connectivity index (χ4n) is 1.78. The monoisotopic (exact) mass is 371 g/mol. The molecule has 2 N–H and O–H groups in total. The summed E-state index contributed by atoms with van der Waals surface area (Å²) in [6.07, 6.45) is 0.878. The van der Waals surface area contributed by atoms with Crippen molar-refractivity contribution in [3.63, 3.8) is 0 Å². The van der Waals surface area contributed by atoms with Crippen LogP contribution in [0.25, 0.3) is 0 Å². The Morgan fingerprint density at radius 3 is 1.75 bits per heavy atom. The van der Waals surface area contributed by atoms with Crippen molar-refractivity contribution in [1.82, 2.24) is 0 Å². The second kappa shape index (κ2) is 8.50. The van der Waals surface area contributed by atoms with Crippen molar-refractivity contribution >= 4 is 45.2 Å². The third kappa shape index (κ3) is 9.75. The van der Waals surface area contributed by atoms with Crippen molar-refractivity contribution in [2.45, 2.75) is 58.3 Å². The largest absolute Gasteiger partial charge is 0.470 e. The third-order valence-corrected chi connectivity index (χ3v) is 16.1. The van der Waals surface area contributed by atoms with E-state index in [0.29, 0.717) is 17.0 Å². The van der Waals surface area contributed by atoms with E-state index in [1.54, 1.807) is 0 Å². The van der Waals surface area contributed by atoms with Crippen molar-refractivity contribution in [1.29, 1.82) is 0 Å². The van der Waals surface area contributed by atoms with Crippen molar-refractivity contribution in [3.8, 4) is 0 Å². The Balaban J connectivity index is 5.26. The minimum Gasteiger partial charge on any atom is -0.447 e. The van der Waals surface area contributed by atoms with E-state index in [9.17, 15) is 0 Å². The Morgan fingerprint density at radius 1 is 1.00 bits per heavy atom. The summed E-state index contributed by atoms with van der Waals surface area (Å²) < 4.78 is 24.8. The number of rotatable bonds is 10. The van der Waals surface area contributed by atoms with Crippen LogP contribution in [0.2, 0.25) is 51.9 Å². The molecule has 0 aliphatic heterocycles. The molecule has 0 saturated heterocycles. The van der Waals surface area contributed by atoms with E-state index in [-0.39, 0.29) is 0 Å². The van der Waals surface area contributed by atoms with Gasteiger partial charge in [-0.1, -0.05) is 0 Å². The van der Waals surface area contributed by atoms with Crippen LogP contribution in [0.1, 0.15) is 6.42 Å². The van der Waals surface area contributed by atoms with Gasteiger partial charge in [0.1, 0.15) is 10.5 Å². The second-order valence-corrected chi connectivity index (χ2v) is 22.8. The van der Waals surface area contributed by atoms with E-state index in [1.165, 1.54) is 0 Å². The van der Waals surface area contributed by atoms with Crippen LogP contribution in [-0.2, 0) is 16.5 Å². The van der Waals surface area contributed by atoms with Crippen LogP contribution in [0.5, 0.6) is 0 Å². The van der Waals surface area contributed by atoms with E-state index in [4.69, 9.17) is 22.2 Å². The van der Waals surface area contributed by atoms with Gasteiger partial charge in [0.15, 0.2) is 16.6 Å². The minimum atomic E-state index is -2.67. The lowest BCUT2D eigenvalue weighted by Crippen LogP contribution is -2.59. The first-order valence-corrected chi connectivity index (χ1v) is 18.9. The maximum absolute atomic E-state index is 6.46. The van der Waals surface area contributed by atoms with Gasteiger partial charge in [0, 0.05) is 6.04 Å². The van der Waals surface area contributed by atoms with Crippen LogP contribution in [0.4, 0.5) is 0 Å². The predicted octanol–water partition coefficient (Wildman–Crippen LogP) is 1.14. The Bertz CT molecular complexity index is 266. The maximum atomic E-state index is 6.46. The molecule has 0 aliphatic carbocycles. The van der Waals surface area contributed by atoms with Gasteiger partial charge >= 0.3 is 8.80 Å². The first-order valence-electron chi connectivity index (χ1n) is 7.24. The summed E-state index contributed by atoms with van der Waals surface area (Å²) in [6, 6.07) is 0.806. The molecule has 0 aromatic rings. The molecule has 5 nitrogen and oxygen atoms in total. The van der Waals surface area contributed by atoms with Gasteiger partial charge in [-0.05, 0) is 58.8 Å². The van der Waals surface area contributed by atoms with Crippen LogP contribution in [0.3, 0.4) is 0 Å². The number of hydrogen-bond donors (Lipinski definition) is 1. The van der Waals surface area contributed by atoms with Gasteiger partial charge in [0.05, 0.1) is 0 Å². The van der Waals surface area contributed by atoms with Crippen LogP contribution in [-0.4, -0.2) is 51.8 Å². The van der Waals surface area contributed by atoms with Gasteiger partial charge < -0.3 is 22.2 Å². The summed E-state index contributed by atoms with van der Waals surface area (Å²) in [5.41, 5.74) is 5.69. The predicted molar refractivity (Wildman–Crippen MR) is 98.2 cm³/mol. The maximum Gasteiger partial charge on any atom is 0.470 e. The second-order valence-electron chi connectivity index (χ2n) is 6.93. The molecule has 1 atom stereocenters. The zero-order valence-corrected chi connectivity index (χ0v) is 20.6. The topological polar surface area (TPSA) is 62.9 Å². The Labute approximate surface area is 132 Å². The van der Waals surface area contributed by atoms with Gasteiger partial charge in [0.25, 0.3) is 9.28 Å². The lowest BCUT2D eigenvalue weighted by atomic mass is 10.5. The molecule has 0 rings (SSSR count). The minimum absolute atomic E-state index is 0.639. The molecular formula is C10H33NO4Si5. The van der Waals surface area contributed by atoms with E-state index >= 15 is 0 Å². The van der Waals surface area contributed by atoms with Crippen LogP contribution >= 0.6 is 0 Å². The molecule has 10 heteroatoms. The summed E-state index contributed by atoms with van der Waals surface area (Å²) >= 11 is 0. The van der Waals surface area contributed by atoms with Gasteiger partial charge in [0.2, 0.25) is 0 Å². The number of hydrogen-bond acceptors (Lipinski definition) is 5. The summed E-state index contributed by atoms with van der Waals surface area (Å²) in [5.74, 6) is 0. The quantitative estimate of drug-likeness (QED) is 0.583. The molecule has 122 valence electrons. The first-order chi connectivity index (χ1) is 8.93. The summed E-state index contributed by atoms with van der Waals surface area (Å²) in [7, 11) is -7.12. The van der Waals surface area contributed by atoms with Gasteiger partial charge in [-0.3, -0.25) is 0 Å². The zero-order chi connectivity index (χ0) is 16.0. The smallest absolute Gasteiger partial charge is 0.447 e. The number of nitrogens with two attached hydrogens (primary N) is 1. The van der Waals surface area contributed by atoms with Crippen LogP contribution in [0, 0.1) is 0 Å². The highest BCUT2D eigenvalue weighted by Gasteiger charge is 2.48. The molecule has 0 heterocycles. The standard InChI is InChI=1S/C10H33NO4Si5/c1-17(12-16)13-20(10-8-9-11,14-18(2,3)4)15-19(5,6)7/h17H,8-11H2,1-7,16H3. The molecule has 1 unspecified atom stereocenters. The van der Waals surface area contributed by atoms with Gasteiger partial charge in [-0.15, -0.1) is 0 Å². The van der Waals surface area contributed by atoms with Gasteiger partial charge in [-0.2, -0.15) is 0 Å². The molecule has 0 bridgehead atoms. The van der Waals surface area contributed by atoms with Crippen LogP contribution in [0.15, 0.2) is 0 Å². The lowest BCUT2D eigenvalue weighted by molar-refractivity contribution is 0.238. The Hall–Kier alpha value is 0.884. The molecule has 0 saturated carbocycles. The van der Waals surface area contributed by atoms with E-state index < -0.39 is 34.7 Å². The zero-order valence-electron chi connectivity index (χ0n) is 14.4. The lowest BCUT2D eigenvalue weighted by Gasteiger charge is -2.40. The molecular weight excluding hydrogens is 339 g/mol. The third-order valence-electron chi connectivity index (χ3n) is 2.29. The van der Waals surface area contributed by atoms with E-state index in [2.05, 4.69) is 45.8 Å². The van der Waals surface area contributed by atoms with Crippen LogP contribution < -0.4 is 5.73 Å². The van der Waals surface area contributed by atoms with E-state index in [0.717, 1.165) is 12.5 Å². The summed E-state index contributed by atoms with van der Waals surface area (Å²) in [4.78, 5) is 0. The van der Waals surface area contributed by atoms with Crippen molar-refractivity contribution < 1.29 is 16.5 Å². The molecule has 0 aliphatic rings. The van der Waals surface area contributed by atoms with Crippen molar-refractivity contribution in [2.75, 3.05) is 6.54 Å². The highest BCUT2D eigenvalue weighted by molar-refractivity contribution is 6.87. The van der Waals surface area contributed by atoms with E-state index in [1.807, 2.05) is 0 Å². The first kappa shape index (κ1) is 20.9. The molecule has 0 aromatic carbocycles. The summed E-state index contributed by atoms with van der Waals surface area (Å²) in [5, 5.41) is 0. The average Bonchev–Trinajstić information content (AvgIpc) is 2.21. The Kier molecular flexibility index (Phi) is 8.88. The average molecular weight is 372 g/mol. The normalized spacial score (nSPS) is 15.6. The molecule has 0 spiro atoms. The fourth-order valence-corrected chi connectivity index (χ4v) is 16.2. The molecule has 0 amide bonds. The van der Waals surface area contributed by atoms with Crippen molar-refractivity contribution in [3.05, 3.63) is 0 Å². The molecule has 20 heavy (non-hydrogen) atoms.